The molecule has 4 N–H and O–H groups in total. The first kappa shape index (κ1) is 21.4. The molecule has 0 fully saturated rings. The van der Waals surface area contributed by atoms with E-state index >= 15 is 0 Å². The average Bonchev–Trinajstić information content (AvgIpc) is 2.81. The van der Waals surface area contributed by atoms with Gasteiger partial charge in [0, 0.05) is 29.4 Å². The summed E-state index contributed by atoms with van der Waals surface area (Å²) < 4.78 is 30.3. The normalized spacial score (nSPS) is 14.2. The van der Waals surface area contributed by atoms with E-state index in [1.807, 2.05) is 61.7 Å². The van der Waals surface area contributed by atoms with Crippen LogP contribution >= 0.6 is 0 Å². The zero-order valence-corrected chi connectivity index (χ0v) is 18.9. The number of aromatic nitrogens is 1. The van der Waals surface area contributed by atoms with E-state index in [0.29, 0.717) is 25.6 Å². The van der Waals surface area contributed by atoms with E-state index in [9.17, 15) is 8.42 Å². The lowest BCUT2D eigenvalue weighted by Gasteiger charge is -2.19. The lowest BCUT2D eigenvalue weighted by atomic mass is 9.98. The number of ether oxygens (including phenoxy) is 1. The second-order valence-corrected chi connectivity index (χ2v) is 9.67. The first-order valence-electron chi connectivity index (χ1n) is 10.6. The van der Waals surface area contributed by atoms with Gasteiger partial charge < -0.3 is 10.1 Å². The molecule has 0 saturated heterocycles. The molecule has 33 heavy (non-hydrogen) atoms. The van der Waals surface area contributed by atoms with Gasteiger partial charge in [-0.05, 0) is 65.2 Å². The van der Waals surface area contributed by atoms with Gasteiger partial charge in [-0.15, -0.1) is 0 Å². The molecule has 1 aliphatic rings. The molecule has 0 radical (unpaired) electrons. The Balaban J connectivity index is 1.55. The summed E-state index contributed by atoms with van der Waals surface area (Å²) in [6.45, 7) is 3.64. The molecule has 1 aromatic heterocycles. The lowest BCUT2D eigenvalue weighted by molar-refractivity contribution is 0.308. The minimum absolute atomic E-state index is 0.0869. The summed E-state index contributed by atoms with van der Waals surface area (Å²) in [5.74, 6) is 0.697. The first-order valence-corrected chi connectivity index (χ1v) is 12.2. The van der Waals surface area contributed by atoms with Gasteiger partial charge in [-0.25, -0.2) is 13.6 Å². The Labute approximate surface area is 192 Å². The summed E-state index contributed by atoms with van der Waals surface area (Å²) in [6, 6.07) is 18.9. The maximum atomic E-state index is 12.1. The summed E-state index contributed by atoms with van der Waals surface area (Å²) >= 11 is 0. The van der Waals surface area contributed by atoms with E-state index in [4.69, 9.17) is 9.88 Å². The smallest absolute Gasteiger partial charge is 0.238 e. The molecule has 168 valence electrons. The van der Waals surface area contributed by atoms with Gasteiger partial charge in [0.1, 0.15) is 12.4 Å². The van der Waals surface area contributed by atoms with E-state index < -0.39 is 10.0 Å². The van der Waals surface area contributed by atoms with Crippen molar-refractivity contribution in [3.63, 3.8) is 0 Å². The predicted octanol–water partition coefficient (Wildman–Crippen LogP) is 3.41. The van der Waals surface area contributed by atoms with Gasteiger partial charge in [0.15, 0.2) is 0 Å². The molecule has 5 rings (SSSR count). The monoisotopic (exact) mass is 460 g/mol. The SMILES string of the molecule is Cc1cc(COc2ccc3cc(S(N)(=O)=O)cc(C4=CNCNC4)c3c2)c2ccccc2n1. The molecule has 0 unspecified atom stereocenters. The Morgan fingerprint density at radius 3 is 2.70 bits per heavy atom. The minimum Gasteiger partial charge on any atom is -0.489 e. The average molecular weight is 461 g/mol. The maximum absolute atomic E-state index is 12.1. The summed E-state index contributed by atoms with van der Waals surface area (Å²) in [5, 5.41) is 14.6. The predicted molar refractivity (Wildman–Crippen MR) is 130 cm³/mol. The molecule has 0 spiro atoms. The van der Waals surface area contributed by atoms with Crippen molar-refractivity contribution in [1.82, 2.24) is 15.6 Å². The highest BCUT2D eigenvalue weighted by Crippen LogP contribution is 2.32. The largest absolute Gasteiger partial charge is 0.489 e. The third kappa shape index (κ3) is 4.41. The molecule has 3 aromatic carbocycles. The fraction of sp³-hybridized carbons (Fsp3) is 0.160. The number of aryl methyl sites for hydroxylation is 1. The summed E-state index contributed by atoms with van der Waals surface area (Å²) in [5.41, 5.74) is 4.69. The number of hydrogen-bond acceptors (Lipinski definition) is 6. The van der Waals surface area contributed by atoms with Crippen molar-refractivity contribution >= 4 is 37.3 Å². The Kier molecular flexibility index (Phi) is 5.49. The number of nitrogens with two attached hydrogens (primary N) is 1. The van der Waals surface area contributed by atoms with Crippen LogP contribution in [-0.4, -0.2) is 26.6 Å². The molecule has 2 heterocycles. The van der Waals surface area contributed by atoms with Crippen molar-refractivity contribution < 1.29 is 13.2 Å². The number of para-hydroxylation sites is 1. The van der Waals surface area contributed by atoms with Crippen molar-refractivity contribution in [1.29, 1.82) is 0 Å². The van der Waals surface area contributed by atoms with Crippen LogP contribution in [0.2, 0.25) is 0 Å². The number of nitrogens with one attached hydrogen (secondary N) is 2. The van der Waals surface area contributed by atoms with Crippen LogP contribution in [0.25, 0.3) is 27.2 Å². The molecule has 0 saturated carbocycles. The summed E-state index contributed by atoms with van der Waals surface area (Å²) in [4.78, 5) is 4.68. The molecule has 0 aliphatic carbocycles. The van der Waals surface area contributed by atoms with Crippen LogP contribution in [0.1, 0.15) is 16.8 Å². The van der Waals surface area contributed by atoms with Crippen LogP contribution in [0.3, 0.4) is 0 Å². The molecule has 4 aromatic rings. The molecule has 0 amide bonds. The van der Waals surface area contributed by atoms with E-state index in [0.717, 1.165) is 44.1 Å². The summed E-state index contributed by atoms with van der Waals surface area (Å²) in [7, 11) is -3.84. The number of sulfonamides is 1. The number of fused-ring (bicyclic) bond motifs is 2. The number of hydrogen-bond donors (Lipinski definition) is 3. The minimum atomic E-state index is -3.84. The zero-order valence-electron chi connectivity index (χ0n) is 18.1. The van der Waals surface area contributed by atoms with Crippen molar-refractivity contribution in [2.75, 3.05) is 13.2 Å². The standard InChI is InChI=1S/C25H24N4O3S/c1-16-8-18(22-4-2-3-5-25(22)29-16)14-32-20-7-6-17-9-21(33(26,30)31)11-24(23(17)10-20)19-12-27-15-28-13-19/h2-12,27-28H,13-15H2,1H3,(H2,26,30,31). The highest BCUT2D eigenvalue weighted by molar-refractivity contribution is 7.89. The number of pyridine rings is 1. The van der Waals surface area contributed by atoms with Crippen LogP contribution in [-0.2, 0) is 16.6 Å². The van der Waals surface area contributed by atoms with E-state index in [1.54, 1.807) is 12.1 Å². The van der Waals surface area contributed by atoms with Gasteiger partial charge >= 0.3 is 0 Å². The molecule has 0 atom stereocenters. The Hall–Kier alpha value is -3.46. The van der Waals surface area contributed by atoms with E-state index in [-0.39, 0.29) is 4.90 Å². The van der Waals surface area contributed by atoms with Crippen molar-refractivity contribution in [3.05, 3.63) is 83.7 Å². The molecule has 8 heteroatoms. The summed E-state index contributed by atoms with van der Waals surface area (Å²) in [6.07, 6.45) is 1.90. The molecule has 7 nitrogen and oxygen atoms in total. The molecule has 1 aliphatic heterocycles. The molecule has 0 bridgehead atoms. The van der Waals surface area contributed by atoms with E-state index in [2.05, 4.69) is 15.6 Å². The fourth-order valence-electron chi connectivity index (χ4n) is 4.17. The topological polar surface area (TPSA) is 106 Å². The number of benzene rings is 3. The van der Waals surface area contributed by atoms with Gasteiger partial charge in [0.2, 0.25) is 10.0 Å². The molecular formula is C25H24N4O3S. The number of rotatable bonds is 5. The second-order valence-electron chi connectivity index (χ2n) is 8.10. The Morgan fingerprint density at radius 1 is 1.06 bits per heavy atom. The fourth-order valence-corrected chi connectivity index (χ4v) is 4.75. The van der Waals surface area contributed by atoms with Gasteiger partial charge in [0.25, 0.3) is 0 Å². The van der Waals surface area contributed by atoms with Crippen molar-refractivity contribution in [3.8, 4) is 5.75 Å². The van der Waals surface area contributed by atoms with Crippen molar-refractivity contribution in [2.45, 2.75) is 18.4 Å². The van der Waals surface area contributed by atoms with Gasteiger partial charge in [0.05, 0.1) is 17.1 Å². The highest BCUT2D eigenvalue weighted by Gasteiger charge is 2.17. The zero-order chi connectivity index (χ0) is 23.0. The molecular weight excluding hydrogens is 436 g/mol. The quantitative estimate of drug-likeness (QED) is 0.421. The highest BCUT2D eigenvalue weighted by atomic mass is 32.2. The van der Waals surface area contributed by atoms with Gasteiger partial charge in [-0.3, -0.25) is 10.3 Å². The first-order chi connectivity index (χ1) is 15.9. The third-order valence-corrected chi connectivity index (χ3v) is 6.61. The second kappa shape index (κ2) is 8.47. The Bertz CT molecular complexity index is 1510. The number of nitrogens with zero attached hydrogens (tertiary/aromatic N) is 1. The Morgan fingerprint density at radius 2 is 1.91 bits per heavy atom. The lowest BCUT2D eigenvalue weighted by Crippen LogP contribution is -2.32. The van der Waals surface area contributed by atoms with Crippen molar-refractivity contribution in [2.24, 2.45) is 5.14 Å². The number of primary sulfonamides is 1. The van der Waals surface area contributed by atoms with Crippen LogP contribution in [0, 0.1) is 6.92 Å². The van der Waals surface area contributed by atoms with Crippen LogP contribution in [0.4, 0.5) is 0 Å². The van der Waals surface area contributed by atoms with Gasteiger partial charge in [-0.2, -0.15) is 0 Å². The van der Waals surface area contributed by atoms with Gasteiger partial charge in [-0.1, -0.05) is 24.3 Å². The van der Waals surface area contributed by atoms with Crippen LogP contribution in [0.15, 0.2) is 71.8 Å². The van der Waals surface area contributed by atoms with E-state index in [1.165, 1.54) is 0 Å². The van der Waals surface area contributed by atoms with Crippen LogP contribution in [0.5, 0.6) is 5.75 Å². The maximum Gasteiger partial charge on any atom is 0.238 e. The van der Waals surface area contributed by atoms with Crippen LogP contribution < -0.4 is 20.5 Å². The third-order valence-electron chi connectivity index (χ3n) is 5.72.